The number of benzene rings is 1. The number of carbonyl (C=O) groups is 1. The Balaban J connectivity index is 2.11. The average molecular weight is 252 g/mol. The molecule has 5 heteroatoms. The minimum Gasteiger partial charge on any atom is -0.476 e. The van der Waals surface area contributed by atoms with Gasteiger partial charge < -0.3 is 9.63 Å². The Labute approximate surface area is 103 Å². The van der Waals surface area contributed by atoms with E-state index in [2.05, 4.69) is 5.16 Å². The predicted molar refractivity (Wildman–Crippen MR) is 62.3 cm³/mol. The molecule has 1 aromatic heterocycles. The van der Waals surface area contributed by atoms with Crippen LogP contribution >= 0.6 is 11.6 Å². The lowest BCUT2D eigenvalue weighted by atomic mass is 10.1. The van der Waals surface area contributed by atoms with Crippen molar-refractivity contribution in [2.75, 3.05) is 0 Å². The fraction of sp³-hybridized carbons (Fsp3) is 0.167. The number of hydrogen-bond donors (Lipinski definition) is 1. The first kappa shape index (κ1) is 11.7. The van der Waals surface area contributed by atoms with E-state index in [1.165, 1.54) is 6.07 Å². The monoisotopic (exact) mass is 251 g/mol. The van der Waals surface area contributed by atoms with Gasteiger partial charge in [-0.25, -0.2) is 4.79 Å². The maximum Gasteiger partial charge on any atom is 0.358 e. The molecule has 0 spiro atoms. The van der Waals surface area contributed by atoms with Crippen molar-refractivity contribution in [3.05, 3.63) is 52.9 Å². The highest BCUT2D eigenvalue weighted by molar-refractivity contribution is 6.17. The number of rotatable bonds is 4. The van der Waals surface area contributed by atoms with Gasteiger partial charge in [0, 0.05) is 18.4 Å². The SMILES string of the molecule is O=C(O)c1cc(Cc2ccc(CCl)cc2)on1. The van der Waals surface area contributed by atoms with Gasteiger partial charge in [0.25, 0.3) is 0 Å². The third-order valence-electron chi connectivity index (χ3n) is 2.33. The summed E-state index contributed by atoms with van der Waals surface area (Å²) in [6, 6.07) is 9.15. The highest BCUT2D eigenvalue weighted by Gasteiger charge is 2.10. The Kier molecular flexibility index (Phi) is 3.44. The van der Waals surface area contributed by atoms with Crippen molar-refractivity contribution in [1.29, 1.82) is 0 Å². The Morgan fingerprint density at radius 2 is 1.94 bits per heavy atom. The number of aromatic nitrogens is 1. The molecule has 0 bridgehead atoms. The minimum atomic E-state index is -1.09. The number of alkyl halides is 1. The maximum atomic E-state index is 10.6. The Morgan fingerprint density at radius 1 is 1.29 bits per heavy atom. The van der Waals surface area contributed by atoms with Crippen molar-refractivity contribution >= 4 is 17.6 Å². The molecule has 4 nitrogen and oxygen atoms in total. The van der Waals surface area contributed by atoms with E-state index in [9.17, 15) is 4.79 Å². The highest BCUT2D eigenvalue weighted by atomic mass is 35.5. The molecule has 1 N–H and O–H groups in total. The molecule has 1 aromatic carbocycles. The molecule has 0 atom stereocenters. The topological polar surface area (TPSA) is 63.3 Å². The lowest BCUT2D eigenvalue weighted by Crippen LogP contribution is -1.94. The minimum absolute atomic E-state index is 0.0719. The molecule has 2 rings (SSSR count). The molecule has 0 saturated heterocycles. The maximum absolute atomic E-state index is 10.6. The summed E-state index contributed by atoms with van der Waals surface area (Å²) in [6.07, 6.45) is 0.517. The fourth-order valence-corrected chi connectivity index (χ4v) is 1.62. The van der Waals surface area contributed by atoms with Gasteiger partial charge in [-0.15, -0.1) is 11.6 Å². The summed E-state index contributed by atoms with van der Waals surface area (Å²) in [5.74, 6) is -0.0790. The highest BCUT2D eigenvalue weighted by Crippen LogP contribution is 2.13. The van der Waals surface area contributed by atoms with Crippen LogP contribution in [0, 0.1) is 0 Å². The molecular weight excluding hydrogens is 242 g/mol. The van der Waals surface area contributed by atoms with E-state index in [4.69, 9.17) is 21.2 Å². The zero-order valence-electron chi connectivity index (χ0n) is 8.89. The van der Waals surface area contributed by atoms with Crippen LogP contribution in [0.1, 0.15) is 27.4 Å². The van der Waals surface area contributed by atoms with Crippen LogP contribution in [-0.4, -0.2) is 16.2 Å². The van der Waals surface area contributed by atoms with Crippen molar-refractivity contribution in [2.45, 2.75) is 12.3 Å². The fourth-order valence-electron chi connectivity index (χ4n) is 1.44. The second kappa shape index (κ2) is 5.01. The molecule has 0 fully saturated rings. The van der Waals surface area contributed by atoms with E-state index in [0.29, 0.717) is 18.1 Å². The van der Waals surface area contributed by atoms with Gasteiger partial charge in [-0.05, 0) is 11.1 Å². The Morgan fingerprint density at radius 3 is 2.47 bits per heavy atom. The van der Waals surface area contributed by atoms with E-state index in [-0.39, 0.29) is 5.69 Å². The summed E-state index contributed by atoms with van der Waals surface area (Å²) >= 11 is 5.68. The Bertz CT molecular complexity index is 519. The summed E-state index contributed by atoms with van der Waals surface area (Å²) in [5.41, 5.74) is 1.99. The molecular formula is C12H10ClNO3. The van der Waals surface area contributed by atoms with Crippen LogP contribution in [0.3, 0.4) is 0 Å². The summed E-state index contributed by atoms with van der Waals surface area (Å²) in [4.78, 5) is 10.6. The van der Waals surface area contributed by atoms with Gasteiger partial charge in [-0.3, -0.25) is 0 Å². The zero-order chi connectivity index (χ0) is 12.3. The van der Waals surface area contributed by atoms with Crippen LogP contribution in [-0.2, 0) is 12.3 Å². The van der Waals surface area contributed by atoms with Crippen LogP contribution in [0.4, 0.5) is 0 Å². The Hall–Kier alpha value is -1.81. The molecule has 17 heavy (non-hydrogen) atoms. The van der Waals surface area contributed by atoms with Crippen molar-refractivity contribution < 1.29 is 14.4 Å². The predicted octanol–water partition coefficient (Wildman–Crippen LogP) is 2.70. The molecule has 1 heterocycles. The van der Waals surface area contributed by atoms with Gasteiger partial charge in [0.05, 0.1) is 0 Å². The van der Waals surface area contributed by atoms with Gasteiger partial charge >= 0.3 is 5.97 Å². The smallest absolute Gasteiger partial charge is 0.358 e. The van der Waals surface area contributed by atoms with Gasteiger partial charge in [0.2, 0.25) is 0 Å². The van der Waals surface area contributed by atoms with Crippen LogP contribution < -0.4 is 0 Å². The second-order valence-corrected chi connectivity index (χ2v) is 3.88. The van der Waals surface area contributed by atoms with Crippen LogP contribution in [0.2, 0.25) is 0 Å². The van der Waals surface area contributed by atoms with Crippen LogP contribution in [0.5, 0.6) is 0 Å². The number of carboxylic acids is 1. The first-order valence-electron chi connectivity index (χ1n) is 5.01. The lowest BCUT2D eigenvalue weighted by Gasteiger charge is -1.99. The van der Waals surface area contributed by atoms with E-state index < -0.39 is 5.97 Å². The molecule has 88 valence electrons. The van der Waals surface area contributed by atoms with Crippen LogP contribution in [0.25, 0.3) is 0 Å². The molecule has 2 aromatic rings. The number of halogens is 1. The van der Waals surface area contributed by atoms with Gasteiger partial charge in [0.15, 0.2) is 5.69 Å². The van der Waals surface area contributed by atoms with E-state index in [1.54, 1.807) is 0 Å². The molecule has 0 radical (unpaired) electrons. The standard InChI is InChI=1S/C12H10ClNO3/c13-7-9-3-1-8(2-4-9)5-10-6-11(12(15)16)14-17-10/h1-4,6H,5,7H2,(H,15,16). The lowest BCUT2D eigenvalue weighted by molar-refractivity contribution is 0.0685. The van der Waals surface area contributed by atoms with Crippen molar-refractivity contribution in [1.82, 2.24) is 5.16 Å². The van der Waals surface area contributed by atoms with Gasteiger partial charge in [-0.2, -0.15) is 0 Å². The molecule has 0 aliphatic rings. The van der Waals surface area contributed by atoms with E-state index in [0.717, 1.165) is 11.1 Å². The van der Waals surface area contributed by atoms with E-state index in [1.807, 2.05) is 24.3 Å². The number of hydrogen-bond acceptors (Lipinski definition) is 3. The first-order valence-corrected chi connectivity index (χ1v) is 5.55. The van der Waals surface area contributed by atoms with Gasteiger partial charge in [0.1, 0.15) is 5.76 Å². The summed E-state index contributed by atoms with van der Waals surface area (Å²) in [6.45, 7) is 0. The van der Waals surface area contributed by atoms with Crippen LogP contribution in [0.15, 0.2) is 34.9 Å². The number of aromatic carboxylic acids is 1. The molecule has 0 aliphatic carbocycles. The van der Waals surface area contributed by atoms with Gasteiger partial charge in [-0.1, -0.05) is 29.4 Å². The zero-order valence-corrected chi connectivity index (χ0v) is 9.65. The quantitative estimate of drug-likeness (QED) is 0.849. The first-order chi connectivity index (χ1) is 8.19. The van der Waals surface area contributed by atoms with Crippen molar-refractivity contribution in [3.8, 4) is 0 Å². The molecule has 0 saturated carbocycles. The average Bonchev–Trinajstić information content (AvgIpc) is 2.79. The van der Waals surface area contributed by atoms with E-state index >= 15 is 0 Å². The molecule has 0 unspecified atom stereocenters. The van der Waals surface area contributed by atoms with Crippen molar-refractivity contribution in [2.24, 2.45) is 0 Å². The molecule has 0 aliphatic heterocycles. The summed E-state index contributed by atoms with van der Waals surface area (Å²) < 4.78 is 4.93. The third-order valence-corrected chi connectivity index (χ3v) is 2.64. The number of carboxylic acid groups (broad SMARTS) is 1. The normalized spacial score (nSPS) is 10.4. The van der Waals surface area contributed by atoms with Crippen molar-refractivity contribution in [3.63, 3.8) is 0 Å². The summed E-state index contributed by atoms with van der Waals surface area (Å²) in [5, 5.41) is 12.1. The third kappa shape index (κ3) is 2.85. The molecule has 0 amide bonds. The summed E-state index contributed by atoms with van der Waals surface area (Å²) in [7, 11) is 0. The largest absolute Gasteiger partial charge is 0.476 e. The second-order valence-electron chi connectivity index (χ2n) is 3.61. The number of nitrogens with zero attached hydrogens (tertiary/aromatic N) is 1.